The molecule has 9 nitrogen and oxygen atoms in total. The van der Waals surface area contributed by atoms with Crippen molar-refractivity contribution in [2.75, 3.05) is 19.6 Å². The van der Waals surface area contributed by atoms with Crippen LogP contribution in [0.1, 0.15) is 5.89 Å². The summed E-state index contributed by atoms with van der Waals surface area (Å²) in [5.41, 5.74) is 0.483. The van der Waals surface area contributed by atoms with Gasteiger partial charge in [0, 0.05) is 30.8 Å². The second-order valence-corrected chi connectivity index (χ2v) is 4.88. The van der Waals surface area contributed by atoms with Crippen LogP contribution in [0.25, 0.3) is 11.4 Å². The van der Waals surface area contributed by atoms with Crippen LogP contribution in [0.2, 0.25) is 0 Å². The molecule has 114 valence electrons. The van der Waals surface area contributed by atoms with Gasteiger partial charge in [0.05, 0.1) is 18.0 Å². The summed E-state index contributed by atoms with van der Waals surface area (Å²) in [7, 11) is 0. The van der Waals surface area contributed by atoms with Gasteiger partial charge in [-0.2, -0.15) is 4.98 Å². The number of carbonyl (C=O) groups excluding carboxylic acids is 1. The molecule has 1 amide bonds. The predicted octanol–water partition coefficient (Wildman–Crippen LogP) is 0.577. The summed E-state index contributed by atoms with van der Waals surface area (Å²) in [6.45, 7) is 1.95. The maximum absolute atomic E-state index is 11.3. The smallest absolute Gasteiger partial charge is 0.270 e. The highest BCUT2D eigenvalue weighted by Gasteiger charge is 2.19. The molecule has 0 bridgehead atoms. The fraction of sp³-hybridized carbons (Fsp3) is 0.308. The fourth-order valence-electron chi connectivity index (χ4n) is 2.21. The van der Waals surface area contributed by atoms with Gasteiger partial charge < -0.3 is 9.84 Å². The molecule has 1 aromatic heterocycles. The van der Waals surface area contributed by atoms with Gasteiger partial charge in [0.15, 0.2) is 0 Å². The van der Waals surface area contributed by atoms with E-state index in [1.165, 1.54) is 12.1 Å². The van der Waals surface area contributed by atoms with Crippen LogP contribution in [0.4, 0.5) is 5.69 Å². The van der Waals surface area contributed by atoms with E-state index in [4.69, 9.17) is 4.52 Å². The highest BCUT2D eigenvalue weighted by molar-refractivity contribution is 5.78. The summed E-state index contributed by atoms with van der Waals surface area (Å²) in [5.74, 6) is 0.626. The number of non-ortho nitro benzene ring substituents is 1. The molecule has 1 aliphatic heterocycles. The Morgan fingerprint density at radius 3 is 3.09 bits per heavy atom. The molecule has 1 aliphatic rings. The molecule has 1 fully saturated rings. The zero-order chi connectivity index (χ0) is 15.5. The highest BCUT2D eigenvalue weighted by Crippen LogP contribution is 2.21. The van der Waals surface area contributed by atoms with E-state index in [0.717, 1.165) is 0 Å². The number of nitrogens with one attached hydrogen (secondary N) is 1. The summed E-state index contributed by atoms with van der Waals surface area (Å²) in [5, 5.41) is 17.3. The zero-order valence-electron chi connectivity index (χ0n) is 11.6. The molecule has 0 unspecified atom stereocenters. The van der Waals surface area contributed by atoms with Gasteiger partial charge in [-0.25, -0.2) is 0 Å². The normalized spacial score (nSPS) is 15.5. The molecule has 0 radical (unpaired) electrons. The number of hydrogen-bond acceptors (Lipinski definition) is 7. The molecule has 22 heavy (non-hydrogen) atoms. The Labute approximate surface area is 125 Å². The Bertz CT molecular complexity index is 714. The number of carbonyl (C=O) groups is 1. The lowest BCUT2D eigenvalue weighted by atomic mass is 10.2. The number of piperazine rings is 1. The van der Waals surface area contributed by atoms with Crippen LogP contribution in [0.5, 0.6) is 0 Å². The number of nitro groups is 1. The first-order valence-electron chi connectivity index (χ1n) is 6.68. The van der Waals surface area contributed by atoms with Gasteiger partial charge >= 0.3 is 0 Å². The van der Waals surface area contributed by atoms with Gasteiger partial charge in [0.25, 0.3) is 5.69 Å². The van der Waals surface area contributed by atoms with Crippen molar-refractivity contribution in [1.29, 1.82) is 0 Å². The van der Waals surface area contributed by atoms with Crippen molar-refractivity contribution in [3.63, 3.8) is 0 Å². The third kappa shape index (κ3) is 3.09. The van der Waals surface area contributed by atoms with E-state index in [1.807, 2.05) is 4.90 Å². The molecule has 2 heterocycles. The zero-order valence-corrected chi connectivity index (χ0v) is 11.6. The van der Waals surface area contributed by atoms with Crippen LogP contribution in [0, 0.1) is 10.1 Å². The van der Waals surface area contributed by atoms with Crippen molar-refractivity contribution in [2.45, 2.75) is 6.54 Å². The largest absolute Gasteiger partial charge is 0.354 e. The minimum atomic E-state index is -0.475. The minimum absolute atomic E-state index is 0.0310. The minimum Gasteiger partial charge on any atom is -0.354 e. The van der Waals surface area contributed by atoms with Crippen LogP contribution in [0.3, 0.4) is 0 Å². The van der Waals surface area contributed by atoms with Gasteiger partial charge in [0.1, 0.15) is 0 Å². The van der Waals surface area contributed by atoms with E-state index < -0.39 is 4.92 Å². The summed E-state index contributed by atoms with van der Waals surface area (Å²) < 4.78 is 5.15. The predicted molar refractivity (Wildman–Crippen MR) is 74.7 cm³/mol. The third-order valence-corrected chi connectivity index (χ3v) is 3.26. The molecule has 2 aromatic rings. The highest BCUT2D eigenvalue weighted by atomic mass is 16.6. The van der Waals surface area contributed by atoms with Crippen molar-refractivity contribution >= 4 is 11.6 Å². The van der Waals surface area contributed by atoms with Crippen molar-refractivity contribution in [3.05, 3.63) is 40.3 Å². The van der Waals surface area contributed by atoms with Crippen molar-refractivity contribution in [1.82, 2.24) is 20.4 Å². The molecule has 9 heteroatoms. The summed E-state index contributed by atoms with van der Waals surface area (Å²) in [4.78, 5) is 27.7. The molecule has 1 aromatic carbocycles. The van der Waals surface area contributed by atoms with Crippen LogP contribution in [-0.2, 0) is 11.3 Å². The molecule has 0 saturated carbocycles. The lowest BCUT2D eigenvalue weighted by Crippen LogP contribution is -2.47. The van der Waals surface area contributed by atoms with E-state index in [-0.39, 0.29) is 18.1 Å². The summed E-state index contributed by atoms with van der Waals surface area (Å²) in [6.07, 6.45) is 0. The first-order valence-corrected chi connectivity index (χ1v) is 6.68. The number of hydrogen-bond donors (Lipinski definition) is 1. The fourth-order valence-corrected chi connectivity index (χ4v) is 2.21. The first-order chi connectivity index (χ1) is 10.6. The van der Waals surface area contributed by atoms with E-state index >= 15 is 0 Å². The molecule has 0 atom stereocenters. The second-order valence-electron chi connectivity index (χ2n) is 4.88. The Kier molecular flexibility index (Phi) is 3.79. The van der Waals surface area contributed by atoms with E-state index in [2.05, 4.69) is 15.5 Å². The Morgan fingerprint density at radius 1 is 1.45 bits per heavy atom. The van der Waals surface area contributed by atoms with Crippen molar-refractivity contribution in [3.8, 4) is 11.4 Å². The van der Waals surface area contributed by atoms with Crippen LogP contribution in [0.15, 0.2) is 28.8 Å². The lowest BCUT2D eigenvalue weighted by molar-refractivity contribution is -0.384. The van der Waals surface area contributed by atoms with Crippen LogP contribution < -0.4 is 5.32 Å². The maximum Gasteiger partial charge on any atom is 0.270 e. The quantitative estimate of drug-likeness (QED) is 0.648. The van der Waals surface area contributed by atoms with E-state index in [0.29, 0.717) is 36.9 Å². The molecule has 0 aliphatic carbocycles. The topological polar surface area (TPSA) is 114 Å². The van der Waals surface area contributed by atoms with Gasteiger partial charge in [-0.15, -0.1) is 0 Å². The Morgan fingerprint density at radius 2 is 2.32 bits per heavy atom. The summed E-state index contributed by atoms with van der Waals surface area (Å²) >= 11 is 0. The monoisotopic (exact) mass is 303 g/mol. The maximum atomic E-state index is 11.3. The van der Waals surface area contributed by atoms with Gasteiger partial charge in [-0.05, 0) is 0 Å². The van der Waals surface area contributed by atoms with Gasteiger partial charge in [-0.3, -0.25) is 19.8 Å². The standard InChI is InChI=1S/C13H13N5O4/c19-11-7-17(5-4-14-11)8-12-15-13(16-22-12)9-2-1-3-10(6-9)18(20)21/h1-3,6H,4-5,7-8H2,(H,14,19). The molecule has 0 spiro atoms. The SMILES string of the molecule is O=C1CN(Cc2nc(-c3cccc([N+](=O)[O-])c3)no2)CCN1. The Hall–Kier alpha value is -2.81. The second kappa shape index (κ2) is 5.90. The average molecular weight is 303 g/mol. The average Bonchev–Trinajstić information content (AvgIpc) is 2.96. The number of rotatable bonds is 4. The van der Waals surface area contributed by atoms with Crippen molar-refractivity contribution < 1.29 is 14.2 Å². The number of benzene rings is 1. The number of amides is 1. The number of nitro benzene ring substituents is 1. The first kappa shape index (κ1) is 14.1. The molecule has 1 N–H and O–H groups in total. The molecule has 1 saturated heterocycles. The van der Waals surface area contributed by atoms with E-state index in [9.17, 15) is 14.9 Å². The summed E-state index contributed by atoms with van der Waals surface area (Å²) in [6, 6.07) is 6.04. The lowest BCUT2D eigenvalue weighted by Gasteiger charge is -2.24. The van der Waals surface area contributed by atoms with Crippen molar-refractivity contribution in [2.24, 2.45) is 0 Å². The number of nitrogens with zero attached hydrogens (tertiary/aromatic N) is 4. The number of aromatic nitrogens is 2. The molecular weight excluding hydrogens is 290 g/mol. The third-order valence-electron chi connectivity index (χ3n) is 3.26. The van der Waals surface area contributed by atoms with Gasteiger partial charge in [-0.1, -0.05) is 17.3 Å². The molecular formula is C13H13N5O4. The van der Waals surface area contributed by atoms with E-state index in [1.54, 1.807) is 12.1 Å². The Balaban J connectivity index is 1.74. The van der Waals surface area contributed by atoms with Gasteiger partial charge in [0.2, 0.25) is 17.6 Å². The molecule has 3 rings (SSSR count). The van der Waals surface area contributed by atoms with Crippen LogP contribution in [-0.4, -0.2) is 45.5 Å². The van der Waals surface area contributed by atoms with Crippen LogP contribution >= 0.6 is 0 Å².